The Balaban J connectivity index is 1.45. The summed E-state index contributed by atoms with van der Waals surface area (Å²) in [6.07, 6.45) is 4.02. The van der Waals surface area contributed by atoms with Crippen LogP contribution in [0.4, 0.5) is 22.7 Å². The highest BCUT2D eigenvalue weighted by Crippen LogP contribution is 2.31. The molecule has 4 aromatic rings. The molecule has 0 amide bonds. The molecular weight excluding hydrogens is 392 g/mol. The summed E-state index contributed by atoms with van der Waals surface area (Å²) in [7, 11) is 0. The van der Waals surface area contributed by atoms with Gasteiger partial charge in [-0.3, -0.25) is 4.98 Å². The molecule has 0 aliphatic carbocycles. The summed E-state index contributed by atoms with van der Waals surface area (Å²) < 4.78 is 0. The van der Waals surface area contributed by atoms with Crippen molar-refractivity contribution < 1.29 is 4.90 Å². The van der Waals surface area contributed by atoms with Crippen LogP contribution < -0.4 is 15.5 Å². The fraction of sp³-hybridized carbons (Fsp3) is 0.250. The van der Waals surface area contributed by atoms with Crippen molar-refractivity contribution in [2.45, 2.75) is 32.7 Å². The summed E-state index contributed by atoms with van der Waals surface area (Å²) in [6.45, 7) is 5.69. The lowest BCUT2D eigenvalue weighted by atomic mass is 10.0. The predicted molar refractivity (Wildman–Crippen MR) is 134 cm³/mol. The van der Waals surface area contributed by atoms with Gasteiger partial charge in [-0.15, -0.1) is 0 Å². The van der Waals surface area contributed by atoms with E-state index < -0.39 is 0 Å². The highest BCUT2D eigenvalue weighted by Gasteiger charge is 2.20. The van der Waals surface area contributed by atoms with E-state index >= 15 is 0 Å². The predicted octanol–water partition coefficient (Wildman–Crippen LogP) is 5.60. The van der Waals surface area contributed by atoms with Crippen LogP contribution in [0.3, 0.4) is 0 Å². The lowest BCUT2D eigenvalue weighted by Gasteiger charge is -2.26. The second kappa shape index (κ2) is 9.41. The monoisotopic (exact) mass is 423 g/mol. The Morgan fingerprint density at radius 2 is 1.34 bits per heavy atom. The van der Waals surface area contributed by atoms with Gasteiger partial charge >= 0.3 is 0 Å². The Labute approximate surface area is 190 Å². The van der Waals surface area contributed by atoms with E-state index in [2.05, 4.69) is 78.2 Å². The first-order chi connectivity index (χ1) is 15.8. The molecule has 5 rings (SSSR count). The van der Waals surface area contributed by atoms with E-state index in [1.165, 1.54) is 49.0 Å². The molecule has 3 aromatic carbocycles. The van der Waals surface area contributed by atoms with Crippen LogP contribution in [0.5, 0.6) is 0 Å². The van der Waals surface area contributed by atoms with Gasteiger partial charge in [0.1, 0.15) is 6.54 Å². The molecule has 0 spiro atoms. The van der Waals surface area contributed by atoms with Crippen LogP contribution in [0.2, 0.25) is 0 Å². The van der Waals surface area contributed by atoms with Crippen LogP contribution in [-0.4, -0.2) is 18.1 Å². The van der Waals surface area contributed by atoms with Crippen LogP contribution >= 0.6 is 0 Å². The fourth-order valence-corrected chi connectivity index (χ4v) is 4.68. The molecule has 0 atom stereocenters. The van der Waals surface area contributed by atoms with Crippen LogP contribution in [0, 0.1) is 6.92 Å². The van der Waals surface area contributed by atoms with Crippen molar-refractivity contribution in [3.63, 3.8) is 0 Å². The molecule has 1 saturated heterocycles. The van der Waals surface area contributed by atoms with Crippen LogP contribution in [0.25, 0.3) is 10.9 Å². The molecule has 2 heterocycles. The van der Waals surface area contributed by atoms with Crippen molar-refractivity contribution in [3.05, 3.63) is 90.1 Å². The van der Waals surface area contributed by atoms with Gasteiger partial charge in [0.25, 0.3) is 0 Å². The van der Waals surface area contributed by atoms with Crippen LogP contribution in [0.1, 0.15) is 30.5 Å². The number of benzene rings is 3. The van der Waals surface area contributed by atoms with E-state index in [4.69, 9.17) is 4.98 Å². The third-order valence-corrected chi connectivity index (χ3v) is 6.40. The molecule has 3 N–H and O–H groups in total. The number of nitrogens with zero attached hydrogens (tertiary/aromatic N) is 1. The zero-order valence-electron chi connectivity index (χ0n) is 18.7. The smallest absolute Gasteiger partial charge is 0.107 e. The van der Waals surface area contributed by atoms with Gasteiger partial charge in [0, 0.05) is 28.1 Å². The molecule has 0 saturated carbocycles. The van der Waals surface area contributed by atoms with Crippen LogP contribution in [0.15, 0.2) is 78.9 Å². The third-order valence-electron chi connectivity index (χ3n) is 6.40. The maximum absolute atomic E-state index is 4.94. The number of quaternary nitrogens is 1. The van der Waals surface area contributed by atoms with Gasteiger partial charge in [-0.1, -0.05) is 36.4 Å². The lowest BCUT2D eigenvalue weighted by Crippen LogP contribution is -3.11. The summed E-state index contributed by atoms with van der Waals surface area (Å²) in [6, 6.07) is 27.3. The van der Waals surface area contributed by atoms with Gasteiger partial charge < -0.3 is 15.5 Å². The third kappa shape index (κ3) is 4.61. The number of hydrogen-bond donors (Lipinski definition) is 3. The maximum atomic E-state index is 4.94. The van der Waals surface area contributed by atoms with Gasteiger partial charge in [-0.05, 0) is 68.7 Å². The number of piperidine rings is 1. The van der Waals surface area contributed by atoms with E-state index in [-0.39, 0.29) is 0 Å². The normalized spacial score (nSPS) is 14.4. The minimum atomic E-state index is 1.03. The van der Waals surface area contributed by atoms with E-state index in [9.17, 15) is 0 Å². The van der Waals surface area contributed by atoms with Gasteiger partial charge in [0.2, 0.25) is 0 Å². The molecule has 1 aliphatic rings. The van der Waals surface area contributed by atoms with Crippen molar-refractivity contribution in [2.75, 3.05) is 23.7 Å². The topological polar surface area (TPSA) is 41.4 Å². The van der Waals surface area contributed by atoms with Crippen molar-refractivity contribution >= 4 is 33.7 Å². The number of aryl methyl sites for hydroxylation is 1. The number of rotatable bonds is 6. The highest BCUT2D eigenvalue weighted by atomic mass is 15.1. The molecule has 4 heteroatoms. The SMILES string of the molecule is Cc1nc2ccccc2c(Nc2ccc(Nc3ccccc3)cc2)c1C[NH+]1CCCCC1. The molecule has 162 valence electrons. The first-order valence-corrected chi connectivity index (χ1v) is 11.7. The summed E-state index contributed by atoms with van der Waals surface area (Å²) in [4.78, 5) is 6.61. The van der Waals surface area contributed by atoms with Crippen molar-refractivity contribution in [2.24, 2.45) is 0 Å². The molecule has 32 heavy (non-hydrogen) atoms. The van der Waals surface area contributed by atoms with Crippen molar-refractivity contribution in [1.29, 1.82) is 0 Å². The number of hydrogen-bond acceptors (Lipinski definition) is 3. The number of fused-ring (bicyclic) bond motifs is 1. The maximum Gasteiger partial charge on any atom is 0.107 e. The number of likely N-dealkylation sites (tertiary alicyclic amines) is 1. The van der Waals surface area contributed by atoms with Gasteiger partial charge in [-0.2, -0.15) is 0 Å². The summed E-state index contributed by atoms with van der Waals surface area (Å²) in [5.41, 5.74) is 7.99. The molecule has 4 nitrogen and oxygen atoms in total. The van der Waals surface area contributed by atoms with Gasteiger partial charge in [0.15, 0.2) is 0 Å². The highest BCUT2D eigenvalue weighted by molar-refractivity contribution is 5.95. The zero-order valence-corrected chi connectivity index (χ0v) is 18.7. The fourth-order valence-electron chi connectivity index (χ4n) is 4.68. The number of anilines is 4. The average molecular weight is 424 g/mol. The molecule has 1 fully saturated rings. The summed E-state index contributed by atoms with van der Waals surface area (Å²) >= 11 is 0. The number of para-hydroxylation sites is 2. The van der Waals surface area contributed by atoms with E-state index in [0.29, 0.717) is 0 Å². The average Bonchev–Trinajstić information content (AvgIpc) is 2.84. The standard InChI is InChI=1S/C28H30N4/c1-21-26(20-32-18-8-3-9-19-32)28(25-12-6-7-13-27(25)29-21)31-24-16-14-23(15-17-24)30-22-10-4-2-5-11-22/h2,4-7,10-17,30H,3,8-9,18-20H2,1H3,(H,29,31)/p+1. The largest absolute Gasteiger partial charge is 0.356 e. The number of pyridine rings is 1. The second-order valence-corrected chi connectivity index (χ2v) is 8.75. The van der Waals surface area contributed by atoms with Gasteiger partial charge in [0.05, 0.1) is 29.9 Å². The zero-order chi connectivity index (χ0) is 21.8. The Morgan fingerprint density at radius 3 is 2.09 bits per heavy atom. The second-order valence-electron chi connectivity index (χ2n) is 8.75. The Bertz CT molecular complexity index is 1180. The summed E-state index contributed by atoms with van der Waals surface area (Å²) in [5.74, 6) is 0. The minimum Gasteiger partial charge on any atom is -0.356 e. The Kier molecular flexibility index (Phi) is 6.04. The molecule has 0 unspecified atom stereocenters. The van der Waals surface area contributed by atoms with Crippen molar-refractivity contribution in [1.82, 2.24) is 4.98 Å². The quantitative estimate of drug-likeness (QED) is 0.378. The van der Waals surface area contributed by atoms with E-state index in [1.54, 1.807) is 4.90 Å². The van der Waals surface area contributed by atoms with Crippen molar-refractivity contribution in [3.8, 4) is 0 Å². The number of nitrogens with one attached hydrogen (secondary N) is 3. The Morgan fingerprint density at radius 1 is 0.719 bits per heavy atom. The first kappa shape index (κ1) is 20.5. The van der Waals surface area contributed by atoms with Gasteiger partial charge in [-0.25, -0.2) is 0 Å². The molecule has 0 radical (unpaired) electrons. The number of aromatic nitrogens is 1. The molecular formula is C28H31N4+. The molecule has 1 aromatic heterocycles. The summed E-state index contributed by atoms with van der Waals surface area (Å²) in [5, 5.41) is 8.40. The van der Waals surface area contributed by atoms with E-state index in [0.717, 1.165) is 34.8 Å². The minimum absolute atomic E-state index is 1.03. The van der Waals surface area contributed by atoms with E-state index in [1.807, 2.05) is 18.2 Å². The lowest BCUT2D eigenvalue weighted by molar-refractivity contribution is -0.918. The first-order valence-electron chi connectivity index (χ1n) is 11.7. The van der Waals surface area contributed by atoms with Crippen LogP contribution in [-0.2, 0) is 6.54 Å². The Hall–Kier alpha value is -3.37. The molecule has 0 bridgehead atoms. The molecule has 1 aliphatic heterocycles.